The molecule has 0 bridgehead atoms. The molecule has 1 amide bonds. The maximum atomic E-state index is 12.5. The van der Waals surface area contributed by atoms with Gasteiger partial charge in [0.25, 0.3) is 5.91 Å². The number of carbonyl (C=O) groups is 1. The number of piperidine rings is 2. The van der Waals surface area contributed by atoms with Crippen LogP contribution < -0.4 is 0 Å². The molecule has 5 nitrogen and oxygen atoms in total. The minimum atomic E-state index is 0.120. The van der Waals surface area contributed by atoms with Crippen molar-refractivity contribution in [1.82, 2.24) is 9.80 Å². The van der Waals surface area contributed by atoms with E-state index in [-0.39, 0.29) is 5.91 Å². The summed E-state index contributed by atoms with van der Waals surface area (Å²) in [7, 11) is 1.76. The van der Waals surface area contributed by atoms with Crippen molar-refractivity contribution in [3.8, 4) is 0 Å². The van der Waals surface area contributed by atoms with Gasteiger partial charge in [-0.3, -0.25) is 4.79 Å². The molecule has 0 saturated carbocycles. The third-order valence-corrected chi connectivity index (χ3v) is 5.25. The Kier molecular flexibility index (Phi) is 4.84. The molecule has 0 aromatic carbocycles. The van der Waals surface area contributed by atoms with Crippen LogP contribution in [0.1, 0.15) is 36.0 Å². The van der Waals surface area contributed by atoms with Gasteiger partial charge in [-0.15, -0.1) is 0 Å². The molecule has 1 spiro atoms. The first-order valence-electron chi connectivity index (χ1n) is 8.25. The van der Waals surface area contributed by atoms with Crippen molar-refractivity contribution in [2.75, 3.05) is 46.4 Å². The molecule has 0 N–H and O–H groups in total. The molecule has 2 aliphatic heterocycles. The second kappa shape index (κ2) is 6.84. The van der Waals surface area contributed by atoms with Crippen molar-refractivity contribution in [3.63, 3.8) is 0 Å². The van der Waals surface area contributed by atoms with Gasteiger partial charge in [0.05, 0.1) is 18.4 Å². The molecule has 122 valence electrons. The molecule has 2 aliphatic rings. The van der Waals surface area contributed by atoms with E-state index in [0.717, 1.165) is 45.8 Å². The molecule has 0 radical (unpaired) electrons. The van der Waals surface area contributed by atoms with Crippen LogP contribution in [0.15, 0.2) is 23.0 Å². The summed E-state index contributed by atoms with van der Waals surface area (Å²) in [4.78, 5) is 17.0. The second-order valence-corrected chi connectivity index (χ2v) is 6.68. The van der Waals surface area contributed by atoms with E-state index in [1.165, 1.54) is 19.3 Å². The monoisotopic (exact) mass is 306 g/mol. The molecule has 0 unspecified atom stereocenters. The molecule has 0 atom stereocenters. The SMILES string of the molecule is COCCN1CCC2(CCCN(C(=O)c3ccoc3)C2)CC1. The van der Waals surface area contributed by atoms with Gasteiger partial charge < -0.3 is 19.0 Å². The quantitative estimate of drug-likeness (QED) is 0.856. The predicted octanol–water partition coefficient (Wildman–Crippen LogP) is 2.24. The lowest BCUT2D eigenvalue weighted by atomic mass is 9.72. The number of ether oxygens (including phenoxy) is 1. The van der Waals surface area contributed by atoms with Crippen molar-refractivity contribution in [1.29, 1.82) is 0 Å². The number of hydrogen-bond acceptors (Lipinski definition) is 4. The van der Waals surface area contributed by atoms with Gasteiger partial charge in [0.2, 0.25) is 0 Å². The molecule has 0 aliphatic carbocycles. The lowest BCUT2D eigenvalue weighted by Gasteiger charge is -2.47. The van der Waals surface area contributed by atoms with Crippen LogP contribution in [-0.4, -0.2) is 62.1 Å². The summed E-state index contributed by atoms with van der Waals surface area (Å²) in [6.07, 6.45) is 7.86. The number of hydrogen-bond donors (Lipinski definition) is 0. The lowest BCUT2D eigenvalue weighted by molar-refractivity contribution is 0.0165. The first-order chi connectivity index (χ1) is 10.7. The van der Waals surface area contributed by atoms with E-state index in [1.54, 1.807) is 25.7 Å². The lowest BCUT2D eigenvalue weighted by Crippen LogP contribution is -2.51. The molecule has 2 fully saturated rings. The molecule has 1 aromatic heterocycles. The smallest absolute Gasteiger partial charge is 0.257 e. The van der Waals surface area contributed by atoms with Crippen molar-refractivity contribution in [2.24, 2.45) is 5.41 Å². The number of likely N-dealkylation sites (tertiary alicyclic amines) is 2. The minimum absolute atomic E-state index is 0.120. The zero-order valence-corrected chi connectivity index (χ0v) is 13.4. The van der Waals surface area contributed by atoms with Gasteiger partial charge >= 0.3 is 0 Å². The van der Waals surface area contributed by atoms with Gasteiger partial charge in [-0.1, -0.05) is 0 Å². The van der Waals surface area contributed by atoms with Crippen LogP contribution in [0.4, 0.5) is 0 Å². The van der Waals surface area contributed by atoms with Gasteiger partial charge in [0.15, 0.2) is 0 Å². The van der Waals surface area contributed by atoms with E-state index < -0.39 is 0 Å². The highest BCUT2D eigenvalue weighted by molar-refractivity contribution is 5.93. The molecule has 2 saturated heterocycles. The Balaban J connectivity index is 1.58. The number of nitrogens with zero attached hydrogens (tertiary/aromatic N) is 2. The van der Waals surface area contributed by atoms with Crippen LogP contribution in [0.3, 0.4) is 0 Å². The molecule has 1 aromatic rings. The van der Waals surface area contributed by atoms with Gasteiger partial charge in [-0.2, -0.15) is 0 Å². The summed E-state index contributed by atoms with van der Waals surface area (Å²) in [6, 6.07) is 1.76. The molecular weight excluding hydrogens is 280 g/mol. The number of rotatable bonds is 4. The van der Waals surface area contributed by atoms with Crippen molar-refractivity contribution in [2.45, 2.75) is 25.7 Å². The molecular formula is C17H26N2O3. The van der Waals surface area contributed by atoms with E-state index in [4.69, 9.17) is 9.15 Å². The van der Waals surface area contributed by atoms with Crippen LogP contribution in [0.25, 0.3) is 0 Å². The van der Waals surface area contributed by atoms with E-state index in [0.29, 0.717) is 11.0 Å². The fourth-order valence-electron chi connectivity index (χ4n) is 3.83. The van der Waals surface area contributed by atoms with E-state index >= 15 is 0 Å². The maximum absolute atomic E-state index is 12.5. The predicted molar refractivity (Wildman–Crippen MR) is 83.8 cm³/mol. The highest BCUT2D eigenvalue weighted by atomic mass is 16.5. The summed E-state index contributed by atoms with van der Waals surface area (Å²) in [6.45, 7) is 5.84. The molecule has 3 rings (SSSR count). The summed E-state index contributed by atoms with van der Waals surface area (Å²) in [5.74, 6) is 0.120. The van der Waals surface area contributed by atoms with E-state index in [9.17, 15) is 4.79 Å². The highest BCUT2D eigenvalue weighted by Crippen LogP contribution is 2.40. The number of methoxy groups -OCH3 is 1. The summed E-state index contributed by atoms with van der Waals surface area (Å²) < 4.78 is 10.2. The van der Waals surface area contributed by atoms with Crippen LogP contribution in [0, 0.1) is 5.41 Å². The topological polar surface area (TPSA) is 45.9 Å². The number of amides is 1. The summed E-state index contributed by atoms with van der Waals surface area (Å²) in [5.41, 5.74) is 0.996. The maximum Gasteiger partial charge on any atom is 0.257 e. The van der Waals surface area contributed by atoms with Crippen molar-refractivity contribution >= 4 is 5.91 Å². The van der Waals surface area contributed by atoms with E-state index in [1.807, 2.05) is 4.90 Å². The van der Waals surface area contributed by atoms with Crippen LogP contribution in [-0.2, 0) is 4.74 Å². The van der Waals surface area contributed by atoms with Crippen molar-refractivity contribution < 1.29 is 13.9 Å². The summed E-state index contributed by atoms with van der Waals surface area (Å²) in [5, 5.41) is 0. The second-order valence-electron chi connectivity index (χ2n) is 6.68. The Morgan fingerprint density at radius 2 is 2.14 bits per heavy atom. The molecule has 22 heavy (non-hydrogen) atoms. The van der Waals surface area contributed by atoms with Gasteiger partial charge in [0.1, 0.15) is 6.26 Å². The first kappa shape index (κ1) is 15.6. The van der Waals surface area contributed by atoms with Crippen LogP contribution >= 0.6 is 0 Å². The normalized spacial score (nSPS) is 22.1. The molecule has 3 heterocycles. The standard InChI is InChI=1S/C17H26N2O3/c1-21-12-10-18-8-5-17(6-9-18)4-2-7-19(14-17)16(20)15-3-11-22-13-15/h3,11,13H,2,4-10,12,14H2,1H3. The van der Waals surface area contributed by atoms with Crippen LogP contribution in [0.5, 0.6) is 0 Å². The Labute approximate surface area is 132 Å². The average molecular weight is 306 g/mol. The van der Waals surface area contributed by atoms with Crippen LogP contribution in [0.2, 0.25) is 0 Å². The van der Waals surface area contributed by atoms with E-state index in [2.05, 4.69) is 4.90 Å². The fourth-order valence-corrected chi connectivity index (χ4v) is 3.83. The zero-order valence-electron chi connectivity index (χ0n) is 13.4. The fraction of sp³-hybridized carbons (Fsp3) is 0.706. The largest absolute Gasteiger partial charge is 0.472 e. The highest BCUT2D eigenvalue weighted by Gasteiger charge is 2.39. The number of carbonyl (C=O) groups excluding carboxylic acids is 1. The molecule has 5 heteroatoms. The van der Waals surface area contributed by atoms with Gasteiger partial charge in [-0.25, -0.2) is 0 Å². The average Bonchev–Trinajstić information content (AvgIpc) is 3.08. The number of furan rings is 1. The third-order valence-electron chi connectivity index (χ3n) is 5.25. The van der Waals surface area contributed by atoms with Crippen molar-refractivity contribution in [3.05, 3.63) is 24.2 Å². The van der Waals surface area contributed by atoms with Gasteiger partial charge in [0, 0.05) is 26.7 Å². The third kappa shape index (κ3) is 3.36. The zero-order chi connectivity index (χ0) is 15.4. The Morgan fingerprint density at radius 1 is 1.32 bits per heavy atom. The summed E-state index contributed by atoms with van der Waals surface area (Å²) >= 11 is 0. The van der Waals surface area contributed by atoms with Gasteiger partial charge in [-0.05, 0) is 50.3 Å². The first-order valence-corrected chi connectivity index (χ1v) is 8.25. The Hall–Kier alpha value is -1.33. The minimum Gasteiger partial charge on any atom is -0.472 e. The Bertz CT molecular complexity index is 478. The Morgan fingerprint density at radius 3 is 2.82 bits per heavy atom.